The maximum atomic E-state index is 4.42. The van der Waals surface area contributed by atoms with Crippen molar-refractivity contribution in [2.45, 2.75) is 26.4 Å². The fourth-order valence-corrected chi connectivity index (χ4v) is 2.68. The summed E-state index contributed by atoms with van der Waals surface area (Å²) in [5.41, 5.74) is 2.34. The van der Waals surface area contributed by atoms with E-state index < -0.39 is 0 Å². The SMILES string of the molecule is Cc1nn(C)c(CN2CCN[C@@H](C)C2)c1Br.Cl. The maximum Gasteiger partial charge on any atom is 0.0739 e. The zero-order valence-corrected chi connectivity index (χ0v) is 12.9. The summed E-state index contributed by atoms with van der Waals surface area (Å²) in [6.45, 7) is 8.54. The monoisotopic (exact) mass is 322 g/mol. The number of nitrogens with zero attached hydrogens (tertiary/aromatic N) is 3. The molecule has 1 aliphatic rings. The molecule has 1 saturated heterocycles. The van der Waals surface area contributed by atoms with Crippen molar-refractivity contribution in [1.29, 1.82) is 0 Å². The van der Waals surface area contributed by atoms with Gasteiger partial charge in [0.1, 0.15) is 0 Å². The van der Waals surface area contributed by atoms with Crippen LogP contribution in [0.2, 0.25) is 0 Å². The van der Waals surface area contributed by atoms with Crippen molar-refractivity contribution in [3.8, 4) is 0 Å². The second kappa shape index (κ2) is 6.18. The lowest BCUT2D eigenvalue weighted by Crippen LogP contribution is -2.48. The average molecular weight is 324 g/mol. The van der Waals surface area contributed by atoms with Gasteiger partial charge in [0.05, 0.1) is 15.9 Å². The number of hydrogen-bond donors (Lipinski definition) is 1. The molecule has 98 valence electrons. The fraction of sp³-hybridized carbons (Fsp3) is 0.727. The van der Waals surface area contributed by atoms with Crippen LogP contribution < -0.4 is 5.32 Å². The molecule has 1 N–H and O–H groups in total. The third-order valence-electron chi connectivity index (χ3n) is 3.09. The molecule has 0 aliphatic carbocycles. The first-order valence-corrected chi connectivity index (χ1v) is 6.51. The topological polar surface area (TPSA) is 33.1 Å². The van der Waals surface area contributed by atoms with Crippen LogP contribution >= 0.6 is 28.3 Å². The summed E-state index contributed by atoms with van der Waals surface area (Å²) >= 11 is 3.62. The molecular weight excluding hydrogens is 304 g/mol. The van der Waals surface area contributed by atoms with E-state index in [9.17, 15) is 0 Å². The highest BCUT2D eigenvalue weighted by Gasteiger charge is 2.19. The minimum Gasteiger partial charge on any atom is -0.312 e. The van der Waals surface area contributed by atoms with Gasteiger partial charge in [0, 0.05) is 39.3 Å². The van der Waals surface area contributed by atoms with Gasteiger partial charge in [-0.15, -0.1) is 12.4 Å². The lowest BCUT2D eigenvalue weighted by molar-refractivity contribution is 0.195. The van der Waals surface area contributed by atoms with E-state index in [1.807, 2.05) is 18.7 Å². The largest absolute Gasteiger partial charge is 0.312 e. The van der Waals surface area contributed by atoms with Gasteiger partial charge < -0.3 is 5.32 Å². The molecule has 0 amide bonds. The lowest BCUT2D eigenvalue weighted by atomic mass is 10.2. The van der Waals surface area contributed by atoms with E-state index in [2.05, 4.69) is 38.2 Å². The van der Waals surface area contributed by atoms with Crippen LogP contribution in [0.25, 0.3) is 0 Å². The summed E-state index contributed by atoms with van der Waals surface area (Å²) in [6.07, 6.45) is 0. The normalized spacial score (nSPS) is 21.3. The van der Waals surface area contributed by atoms with Crippen molar-refractivity contribution in [2.75, 3.05) is 19.6 Å². The zero-order valence-electron chi connectivity index (χ0n) is 10.5. The van der Waals surface area contributed by atoms with Gasteiger partial charge in [-0.3, -0.25) is 9.58 Å². The summed E-state index contributed by atoms with van der Waals surface area (Å²) < 4.78 is 3.13. The van der Waals surface area contributed by atoms with E-state index in [4.69, 9.17) is 0 Å². The van der Waals surface area contributed by atoms with Gasteiger partial charge >= 0.3 is 0 Å². The van der Waals surface area contributed by atoms with Crippen LogP contribution in [0.15, 0.2) is 4.47 Å². The Balaban J connectivity index is 0.00000144. The second-order valence-corrected chi connectivity index (χ2v) is 5.35. The zero-order chi connectivity index (χ0) is 11.7. The first-order valence-electron chi connectivity index (χ1n) is 5.71. The number of aryl methyl sites for hydroxylation is 2. The maximum absolute atomic E-state index is 4.42. The molecule has 1 atom stereocenters. The van der Waals surface area contributed by atoms with E-state index in [1.54, 1.807) is 0 Å². The van der Waals surface area contributed by atoms with E-state index in [0.29, 0.717) is 6.04 Å². The molecular formula is C11H20BrClN4. The summed E-state index contributed by atoms with van der Waals surface area (Å²) in [5.74, 6) is 0. The highest BCUT2D eigenvalue weighted by Crippen LogP contribution is 2.21. The summed E-state index contributed by atoms with van der Waals surface area (Å²) in [7, 11) is 2.01. The van der Waals surface area contributed by atoms with Crippen LogP contribution in [0.1, 0.15) is 18.3 Å². The Morgan fingerprint density at radius 3 is 2.76 bits per heavy atom. The third kappa shape index (κ3) is 3.44. The Hall–Kier alpha value is -0.100. The molecule has 2 heterocycles. The van der Waals surface area contributed by atoms with Crippen LogP contribution in [0.4, 0.5) is 0 Å². The van der Waals surface area contributed by atoms with Crippen LogP contribution in [0.3, 0.4) is 0 Å². The summed E-state index contributed by atoms with van der Waals surface area (Å²) in [6, 6.07) is 0.585. The van der Waals surface area contributed by atoms with Gasteiger partial charge in [0.2, 0.25) is 0 Å². The summed E-state index contributed by atoms with van der Waals surface area (Å²) in [5, 5.41) is 7.88. The van der Waals surface area contributed by atoms with Crippen LogP contribution in [-0.2, 0) is 13.6 Å². The molecule has 0 radical (unpaired) electrons. The smallest absolute Gasteiger partial charge is 0.0739 e. The molecule has 0 unspecified atom stereocenters. The van der Waals surface area contributed by atoms with Gasteiger partial charge in [-0.2, -0.15) is 5.10 Å². The number of aromatic nitrogens is 2. The Bertz CT molecular complexity index is 380. The summed E-state index contributed by atoms with van der Waals surface area (Å²) in [4.78, 5) is 2.47. The molecule has 1 fully saturated rings. The van der Waals surface area contributed by atoms with Gasteiger partial charge in [0.15, 0.2) is 0 Å². The molecule has 4 nitrogen and oxygen atoms in total. The molecule has 2 rings (SSSR count). The standard InChI is InChI=1S/C11H19BrN4.ClH/c1-8-6-16(5-4-13-8)7-10-11(12)9(2)14-15(10)3;/h8,13H,4-7H2,1-3H3;1H/t8-;/m0./s1. The number of halogens is 2. The van der Waals surface area contributed by atoms with Gasteiger partial charge in [0.25, 0.3) is 0 Å². The van der Waals surface area contributed by atoms with Crippen LogP contribution in [0, 0.1) is 6.92 Å². The van der Waals surface area contributed by atoms with Crippen molar-refractivity contribution in [2.24, 2.45) is 7.05 Å². The lowest BCUT2D eigenvalue weighted by Gasteiger charge is -2.31. The van der Waals surface area contributed by atoms with Crippen molar-refractivity contribution >= 4 is 28.3 Å². The third-order valence-corrected chi connectivity index (χ3v) is 4.12. The number of hydrogen-bond acceptors (Lipinski definition) is 3. The molecule has 0 aromatic carbocycles. The Morgan fingerprint density at radius 1 is 1.53 bits per heavy atom. The van der Waals surface area contributed by atoms with Crippen molar-refractivity contribution in [1.82, 2.24) is 20.0 Å². The van der Waals surface area contributed by atoms with Crippen molar-refractivity contribution in [3.63, 3.8) is 0 Å². The predicted octanol–water partition coefficient (Wildman–Crippen LogP) is 1.71. The van der Waals surface area contributed by atoms with Crippen molar-refractivity contribution < 1.29 is 0 Å². The highest BCUT2D eigenvalue weighted by atomic mass is 79.9. The number of nitrogens with one attached hydrogen (secondary N) is 1. The Labute approximate surface area is 117 Å². The van der Waals surface area contributed by atoms with E-state index in [-0.39, 0.29) is 12.4 Å². The van der Waals surface area contributed by atoms with E-state index in [1.165, 1.54) is 5.69 Å². The molecule has 17 heavy (non-hydrogen) atoms. The molecule has 6 heteroatoms. The van der Waals surface area contributed by atoms with Crippen LogP contribution in [-0.4, -0.2) is 40.4 Å². The minimum absolute atomic E-state index is 0. The predicted molar refractivity (Wildman–Crippen MR) is 75.6 cm³/mol. The van der Waals surface area contributed by atoms with Crippen LogP contribution in [0.5, 0.6) is 0 Å². The van der Waals surface area contributed by atoms with Gasteiger partial charge in [-0.25, -0.2) is 0 Å². The van der Waals surface area contributed by atoms with E-state index >= 15 is 0 Å². The number of piperazine rings is 1. The first-order chi connectivity index (χ1) is 7.58. The molecule has 0 spiro atoms. The Morgan fingerprint density at radius 2 is 2.24 bits per heavy atom. The molecule has 1 aromatic rings. The molecule has 1 aliphatic heterocycles. The minimum atomic E-state index is 0. The van der Waals surface area contributed by atoms with Gasteiger partial charge in [-0.05, 0) is 29.8 Å². The van der Waals surface area contributed by atoms with Crippen molar-refractivity contribution in [3.05, 3.63) is 15.9 Å². The number of rotatable bonds is 2. The highest BCUT2D eigenvalue weighted by molar-refractivity contribution is 9.10. The second-order valence-electron chi connectivity index (χ2n) is 4.56. The van der Waals surface area contributed by atoms with Gasteiger partial charge in [-0.1, -0.05) is 0 Å². The molecule has 1 aromatic heterocycles. The molecule has 0 saturated carbocycles. The first kappa shape index (κ1) is 15.0. The average Bonchev–Trinajstić information content (AvgIpc) is 2.45. The Kier molecular flexibility index (Phi) is 5.44. The quantitative estimate of drug-likeness (QED) is 0.899. The fourth-order valence-electron chi connectivity index (χ4n) is 2.22. The molecule has 0 bridgehead atoms. The van der Waals surface area contributed by atoms with E-state index in [0.717, 1.165) is 36.3 Å².